The van der Waals surface area contributed by atoms with Gasteiger partial charge in [-0.2, -0.15) is 0 Å². The van der Waals surface area contributed by atoms with Gasteiger partial charge < -0.3 is 14.6 Å². The maximum absolute atomic E-state index is 10.6. The van der Waals surface area contributed by atoms with Crippen LogP contribution in [0.1, 0.15) is 44.1 Å². The highest BCUT2D eigenvalue weighted by molar-refractivity contribution is 7.64. The van der Waals surface area contributed by atoms with E-state index in [1.807, 2.05) is 0 Å². The highest BCUT2D eigenvalue weighted by atomic mass is 35.8. The molecule has 0 aromatic heterocycles. The number of benzene rings is 1. The average molecular weight is 440 g/mol. The summed E-state index contributed by atoms with van der Waals surface area (Å²) in [5, 5.41) is 8.67. The first kappa shape index (κ1) is 23.2. The van der Waals surface area contributed by atoms with Gasteiger partial charge in [-0.05, 0) is 36.2 Å². The molecule has 0 amide bonds. The van der Waals surface area contributed by atoms with Gasteiger partial charge in [0, 0.05) is 6.08 Å². The van der Waals surface area contributed by atoms with E-state index < -0.39 is 12.0 Å². The van der Waals surface area contributed by atoms with Crippen LogP contribution in [-0.2, 0) is 4.79 Å². The van der Waals surface area contributed by atoms with Crippen LogP contribution in [-0.4, -0.2) is 30.8 Å². The van der Waals surface area contributed by atoms with Gasteiger partial charge in [0.1, 0.15) is 0 Å². The second-order valence-electron chi connectivity index (χ2n) is 5.92. The second-order valence-corrected chi connectivity index (χ2v) is 15.2. The summed E-state index contributed by atoms with van der Waals surface area (Å²) in [7, 11) is 1.56. The number of hydrogen-bond donors (Lipinski definition) is 1. The molecule has 0 radical (unpaired) electrons. The molecule has 0 aliphatic rings. The molecule has 1 aromatic carbocycles. The fourth-order valence-electron chi connectivity index (χ4n) is 2.39. The molecule has 0 spiro atoms. The minimum absolute atomic E-state index is 0.591. The molecule has 4 nitrogen and oxygen atoms in total. The maximum atomic E-state index is 10.6. The van der Waals surface area contributed by atoms with Gasteiger partial charge in [-0.15, -0.1) is 33.2 Å². The van der Waals surface area contributed by atoms with Crippen LogP contribution in [0.2, 0.25) is 6.04 Å². The van der Waals surface area contributed by atoms with Gasteiger partial charge in [-0.1, -0.05) is 38.2 Å². The number of aliphatic carboxylic acids is 1. The molecular formula is C18H25Cl3O4Si. The predicted molar refractivity (Wildman–Crippen MR) is 111 cm³/mol. The van der Waals surface area contributed by atoms with Crippen LogP contribution in [0.5, 0.6) is 11.5 Å². The van der Waals surface area contributed by atoms with E-state index in [1.165, 1.54) is 6.08 Å². The third-order valence-corrected chi connectivity index (χ3v) is 6.34. The monoisotopic (exact) mass is 438 g/mol. The molecule has 0 saturated heterocycles. The van der Waals surface area contributed by atoms with Crippen molar-refractivity contribution in [3.8, 4) is 11.5 Å². The summed E-state index contributed by atoms with van der Waals surface area (Å²) in [5.41, 5.74) is 0.745. The molecule has 0 aliphatic heterocycles. The van der Waals surface area contributed by atoms with E-state index in [-0.39, 0.29) is 0 Å². The Morgan fingerprint density at radius 1 is 1.08 bits per heavy atom. The van der Waals surface area contributed by atoms with E-state index in [1.54, 1.807) is 25.3 Å². The summed E-state index contributed by atoms with van der Waals surface area (Å²) < 4.78 is 11.1. The highest BCUT2D eigenvalue weighted by Crippen LogP contribution is 2.29. The first-order valence-electron chi connectivity index (χ1n) is 8.60. The Balaban J connectivity index is 2.25. The molecule has 146 valence electrons. The third-order valence-electron chi connectivity index (χ3n) is 3.72. The van der Waals surface area contributed by atoms with Crippen LogP contribution in [0.15, 0.2) is 24.3 Å². The molecule has 1 N–H and O–H groups in total. The quantitative estimate of drug-likeness (QED) is 0.173. The minimum Gasteiger partial charge on any atom is -0.493 e. The van der Waals surface area contributed by atoms with E-state index >= 15 is 0 Å². The summed E-state index contributed by atoms with van der Waals surface area (Å²) in [4.78, 5) is 10.6. The number of carboxylic acids is 1. The van der Waals surface area contributed by atoms with E-state index in [9.17, 15) is 4.79 Å². The molecule has 0 atom stereocenters. The van der Waals surface area contributed by atoms with Crippen molar-refractivity contribution in [1.29, 1.82) is 0 Å². The fourth-order valence-corrected chi connectivity index (χ4v) is 4.24. The van der Waals surface area contributed by atoms with Gasteiger partial charge >= 0.3 is 12.0 Å². The van der Waals surface area contributed by atoms with Crippen molar-refractivity contribution in [2.45, 2.75) is 44.6 Å². The summed E-state index contributed by atoms with van der Waals surface area (Å²) in [5.74, 6) is 0.264. The lowest BCUT2D eigenvalue weighted by Crippen LogP contribution is -2.07. The molecule has 0 saturated carbocycles. The second kappa shape index (κ2) is 12.5. The Bertz CT molecular complexity index is 588. The van der Waals surface area contributed by atoms with E-state index in [2.05, 4.69) is 0 Å². The van der Waals surface area contributed by atoms with Crippen molar-refractivity contribution in [3.63, 3.8) is 0 Å². The number of ether oxygens (including phenoxy) is 2. The van der Waals surface area contributed by atoms with E-state index in [0.29, 0.717) is 18.1 Å². The zero-order chi connectivity index (χ0) is 19.4. The summed E-state index contributed by atoms with van der Waals surface area (Å²) in [6.45, 7) is 0.613. The molecule has 0 fully saturated rings. The van der Waals surface area contributed by atoms with Crippen LogP contribution in [0.25, 0.3) is 6.08 Å². The van der Waals surface area contributed by atoms with Gasteiger partial charge in [0.2, 0.25) is 0 Å². The smallest absolute Gasteiger partial charge is 0.341 e. The van der Waals surface area contributed by atoms with Gasteiger partial charge in [-0.3, -0.25) is 0 Å². The molecule has 8 heteroatoms. The molecule has 1 aromatic rings. The fraction of sp³-hybridized carbons (Fsp3) is 0.500. The third kappa shape index (κ3) is 11.0. The Morgan fingerprint density at radius 2 is 1.73 bits per heavy atom. The SMILES string of the molecule is COc1cc(C=CC(=O)O)ccc1OCCCCCCCC[Si](Cl)(Cl)Cl. The van der Waals surface area contributed by atoms with Crippen LogP contribution in [0.3, 0.4) is 0 Å². The van der Waals surface area contributed by atoms with Gasteiger partial charge in [0.25, 0.3) is 0 Å². The maximum Gasteiger partial charge on any atom is 0.341 e. The van der Waals surface area contributed by atoms with E-state index in [4.69, 9.17) is 47.8 Å². The molecule has 0 aliphatic carbocycles. The molecule has 0 unspecified atom stereocenters. The molecule has 26 heavy (non-hydrogen) atoms. The van der Waals surface area contributed by atoms with Crippen LogP contribution in [0.4, 0.5) is 0 Å². The number of rotatable bonds is 13. The highest BCUT2D eigenvalue weighted by Gasteiger charge is 2.23. The van der Waals surface area contributed by atoms with Crippen molar-refractivity contribution in [2.75, 3.05) is 13.7 Å². The predicted octanol–water partition coefficient (Wildman–Crippen LogP) is 6.17. The van der Waals surface area contributed by atoms with Crippen molar-refractivity contribution in [1.82, 2.24) is 0 Å². The van der Waals surface area contributed by atoms with Crippen LogP contribution < -0.4 is 9.47 Å². The number of carboxylic acid groups (broad SMARTS) is 1. The molecule has 0 bridgehead atoms. The largest absolute Gasteiger partial charge is 0.493 e. The van der Waals surface area contributed by atoms with Crippen molar-refractivity contribution < 1.29 is 19.4 Å². The topological polar surface area (TPSA) is 55.8 Å². The zero-order valence-corrected chi connectivity index (χ0v) is 18.1. The molecule has 1 rings (SSSR count). The van der Waals surface area contributed by atoms with Crippen molar-refractivity contribution >= 4 is 51.3 Å². The Hall–Kier alpha value is -0.883. The van der Waals surface area contributed by atoms with Gasteiger partial charge in [0.15, 0.2) is 11.5 Å². The summed E-state index contributed by atoms with van der Waals surface area (Å²) in [6, 6.07) is 3.63. The van der Waals surface area contributed by atoms with Gasteiger partial charge in [0.05, 0.1) is 13.7 Å². The van der Waals surface area contributed by atoms with Crippen molar-refractivity contribution in [2.24, 2.45) is 0 Å². The summed E-state index contributed by atoms with van der Waals surface area (Å²) in [6.07, 6.45) is 9.02. The zero-order valence-electron chi connectivity index (χ0n) is 14.8. The minimum atomic E-state index is -2.45. The van der Waals surface area contributed by atoms with Crippen LogP contribution >= 0.6 is 33.2 Å². The number of unbranched alkanes of at least 4 members (excludes halogenated alkanes) is 5. The lowest BCUT2D eigenvalue weighted by molar-refractivity contribution is -0.131. The Labute approximate surface area is 170 Å². The number of carbonyl (C=O) groups is 1. The van der Waals surface area contributed by atoms with Crippen molar-refractivity contribution in [3.05, 3.63) is 29.8 Å². The number of halogens is 3. The van der Waals surface area contributed by atoms with Crippen LogP contribution in [0, 0.1) is 0 Å². The Morgan fingerprint density at radius 3 is 2.35 bits per heavy atom. The molecular weight excluding hydrogens is 415 g/mol. The standard InChI is InChI=1S/C18H25Cl3O4Si/c1-24-17-14-15(9-11-18(22)23)8-10-16(17)25-12-6-4-2-3-5-7-13-26(19,20)21/h8-11,14H,2-7,12-13H2,1H3,(H,22,23). The lowest BCUT2D eigenvalue weighted by Gasteiger charge is -2.11. The first-order valence-corrected chi connectivity index (χ1v) is 13.8. The number of hydrogen-bond acceptors (Lipinski definition) is 3. The average Bonchev–Trinajstić information content (AvgIpc) is 2.58. The first-order chi connectivity index (χ1) is 12.3. The number of methoxy groups -OCH3 is 1. The summed E-state index contributed by atoms with van der Waals surface area (Å²) >= 11 is 17.6. The Kier molecular flexibility index (Phi) is 11.1. The normalized spacial score (nSPS) is 11.7. The van der Waals surface area contributed by atoms with Gasteiger partial charge in [-0.25, -0.2) is 4.79 Å². The lowest BCUT2D eigenvalue weighted by atomic mass is 10.1. The van der Waals surface area contributed by atoms with E-state index in [0.717, 1.165) is 56.2 Å². The molecule has 0 heterocycles.